The van der Waals surface area contributed by atoms with Crippen molar-refractivity contribution in [2.45, 2.75) is 11.8 Å². The number of aromatic nitrogens is 1. The second-order valence-corrected chi connectivity index (χ2v) is 6.52. The topological polar surface area (TPSA) is 82.3 Å². The molecule has 2 N–H and O–H groups in total. The van der Waals surface area contributed by atoms with Crippen LogP contribution in [0.3, 0.4) is 0 Å². The number of nitrogens with zero attached hydrogens (tertiary/aromatic N) is 1. The monoisotopic (exact) mass is 346 g/mol. The fraction of sp³-hybridized carbons (Fsp3) is 0.154. The molecule has 0 aliphatic rings. The molecule has 0 radical (unpaired) electrons. The van der Waals surface area contributed by atoms with Gasteiger partial charge in [0.2, 0.25) is 10.0 Å². The summed E-state index contributed by atoms with van der Waals surface area (Å²) in [5, 5.41) is 5.78. The van der Waals surface area contributed by atoms with E-state index in [0.29, 0.717) is 16.7 Å². The zero-order valence-electron chi connectivity index (χ0n) is 11.0. The van der Waals surface area contributed by atoms with Crippen LogP contribution in [0.15, 0.2) is 40.3 Å². The van der Waals surface area contributed by atoms with Gasteiger partial charge in [-0.1, -0.05) is 23.2 Å². The quantitative estimate of drug-likeness (QED) is 0.862. The van der Waals surface area contributed by atoms with Gasteiger partial charge in [-0.25, -0.2) is 18.5 Å². The van der Waals surface area contributed by atoms with Gasteiger partial charge in [0.15, 0.2) is 0 Å². The van der Waals surface area contributed by atoms with E-state index in [9.17, 15) is 8.42 Å². The van der Waals surface area contributed by atoms with Crippen LogP contribution >= 0.6 is 23.2 Å². The molecule has 0 bridgehead atoms. The lowest BCUT2D eigenvalue weighted by Gasteiger charge is -2.11. The molecule has 8 heteroatoms. The second kappa shape index (κ2) is 6.19. The van der Waals surface area contributed by atoms with E-state index in [1.165, 1.54) is 23.7 Å². The summed E-state index contributed by atoms with van der Waals surface area (Å²) < 4.78 is 28.8. The molecule has 2 rings (SSSR count). The average Bonchev–Trinajstić information content (AvgIpc) is 2.42. The van der Waals surface area contributed by atoms with Gasteiger partial charge < -0.3 is 4.74 Å². The van der Waals surface area contributed by atoms with E-state index in [-0.39, 0.29) is 16.7 Å². The number of hydrogen-bond donors (Lipinski definition) is 1. The molecular weight excluding hydrogens is 335 g/mol. The Morgan fingerprint density at radius 1 is 1.38 bits per heavy atom. The minimum Gasteiger partial charge on any atom is -0.487 e. The molecule has 0 unspecified atom stereocenters. The van der Waals surface area contributed by atoms with Gasteiger partial charge in [-0.2, -0.15) is 0 Å². The van der Waals surface area contributed by atoms with Crippen molar-refractivity contribution in [2.24, 2.45) is 5.14 Å². The van der Waals surface area contributed by atoms with E-state index in [1.54, 1.807) is 13.0 Å². The first-order valence-electron chi connectivity index (χ1n) is 5.83. The molecule has 5 nitrogen and oxygen atoms in total. The molecule has 1 heterocycles. The van der Waals surface area contributed by atoms with E-state index < -0.39 is 10.0 Å². The van der Waals surface area contributed by atoms with Crippen LogP contribution < -0.4 is 9.88 Å². The smallest absolute Gasteiger partial charge is 0.238 e. The highest BCUT2D eigenvalue weighted by Gasteiger charge is 2.16. The summed E-state index contributed by atoms with van der Waals surface area (Å²) in [4.78, 5) is 4.09. The van der Waals surface area contributed by atoms with Crippen molar-refractivity contribution in [3.8, 4) is 5.75 Å². The molecule has 1 aromatic heterocycles. The summed E-state index contributed by atoms with van der Waals surface area (Å²) in [6.45, 7) is 2.05. The number of nitrogens with two attached hydrogens (primary N) is 1. The largest absolute Gasteiger partial charge is 0.487 e. The Morgan fingerprint density at radius 2 is 2.10 bits per heavy atom. The van der Waals surface area contributed by atoms with E-state index in [4.69, 9.17) is 33.1 Å². The summed E-state index contributed by atoms with van der Waals surface area (Å²) in [6.07, 6.45) is 0. The summed E-state index contributed by atoms with van der Waals surface area (Å²) in [7, 11) is -3.87. The van der Waals surface area contributed by atoms with Crippen LogP contribution in [0.25, 0.3) is 10.9 Å². The Labute approximate surface area is 132 Å². The molecule has 0 saturated carbocycles. The van der Waals surface area contributed by atoms with E-state index >= 15 is 0 Å². The third kappa shape index (κ3) is 3.65. The molecule has 0 aliphatic carbocycles. The number of fused-ring (bicyclic) bond motifs is 1. The highest BCUT2D eigenvalue weighted by molar-refractivity contribution is 7.89. The lowest BCUT2D eigenvalue weighted by Crippen LogP contribution is -2.13. The summed E-state index contributed by atoms with van der Waals surface area (Å²) in [6, 6.07) is 5.91. The van der Waals surface area contributed by atoms with Crippen LogP contribution in [0.5, 0.6) is 5.75 Å². The summed E-state index contributed by atoms with van der Waals surface area (Å²) in [5.41, 5.74) is 2.54. The van der Waals surface area contributed by atoms with Crippen molar-refractivity contribution >= 4 is 44.1 Å². The predicted molar refractivity (Wildman–Crippen MR) is 83.2 cm³/mol. The molecule has 0 saturated heterocycles. The fourth-order valence-electron chi connectivity index (χ4n) is 1.73. The third-order valence-electron chi connectivity index (χ3n) is 2.69. The second-order valence-electron chi connectivity index (χ2n) is 4.38. The van der Waals surface area contributed by atoms with Gasteiger partial charge in [0, 0.05) is 10.9 Å². The van der Waals surface area contributed by atoms with E-state index in [0.717, 1.165) is 5.57 Å². The van der Waals surface area contributed by atoms with Crippen molar-refractivity contribution in [3.63, 3.8) is 0 Å². The highest BCUT2D eigenvalue weighted by Crippen LogP contribution is 2.30. The lowest BCUT2D eigenvalue weighted by molar-refractivity contribution is 0.356. The number of halogens is 2. The van der Waals surface area contributed by atoms with Crippen LogP contribution in [-0.4, -0.2) is 20.0 Å². The molecule has 0 fully saturated rings. The molecule has 0 aliphatic heterocycles. The normalized spacial score (nSPS) is 12.7. The molecule has 0 atom stereocenters. The SMILES string of the molecule is C/C(=C/Cl)COc1ccc(S(N)(=O)=O)c2ccc(Cl)nc12. The number of benzene rings is 1. The predicted octanol–water partition coefficient (Wildman–Crippen LogP) is 3.06. The van der Waals surface area contributed by atoms with Gasteiger partial charge in [0.25, 0.3) is 0 Å². The van der Waals surface area contributed by atoms with Crippen LogP contribution in [0.2, 0.25) is 5.15 Å². The average molecular weight is 347 g/mol. The van der Waals surface area contributed by atoms with Gasteiger partial charge in [-0.3, -0.25) is 0 Å². The Balaban J connectivity index is 2.61. The van der Waals surface area contributed by atoms with Gasteiger partial charge in [0.1, 0.15) is 23.0 Å². The fourth-order valence-corrected chi connectivity index (χ4v) is 2.67. The van der Waals surface area contributed by atoms with Gasteiger partial charge in [-0.15, -0.1) is 0 Å². The standard InChI is InChI=1S/C13H12Cl2N2O3S/c1-8(6-14)7-20-10-3-4-11(21(16,18)19)9-2-5-12(15)17-13(9)10/h2-6H,7H2,1H3,(H2,16,18,19)/b8-6-. The Hall–Kier alpha value is -1.34. The summed E-state index contributed by atoms with van der Waals surface area (Å²) in [5.74, 6) is 0.401. The maximum atomic E-state index is 11.6. The van der Waals surface area contributed by atoms with Crippen molar-refractivity contribution in [1.29, 1.82) is 0 Å². The maximum absolute atomic E-state index is 11.6. The zero-order valence-corrected chi connectivity index (χ0v) is 13.3. The van der Waals surface area contributed by atoms with Crippen LogP contribution in [0.4, 0.5) is 0 Å². The molecular formula is C13H12Cl2N2O3S. The number of rotatable bonds is 4. The minimum absolute atomic E-state index is 0.0291. The number of sulfonamides is 1. The third-order valence-corrected chi connectivity index (χ3v) is 4.25. The molecule has 2 aromatic rings. The molecule has 0 amide bonds. The van der Waals surface area contributed by atoms with E-state index in [1.807, 2.05) is 0 Å². The van der Waals surface area contributed by atoms with Crippen LogP contribution in [0.1, 0.15) is 6.92 Å². The first-order chi connectivity index (χ1) is 9.82. The van der Waals surface area contributed by atoms with E-state index in [2.05, 4.69) is 4.98 Å². The van der Waals surface area contributed by atoms with Gasteiger partial charge in [-0.05, 0) is 36.8 Å². The van der Waals surface area contributed by atoms with Crippen molar-refractivity contribution in [3.05, 3.63) is 40.5 Å². The van der Waals surface area contributed by atoms with Crippen molar-refractivity contribution in [2.75, 3.05) is 6.61 Å². The van der Waals surface area contributed by atoms with Crippen molar-refractivity contribution in [1.82, 2.24) is 4.98 Å². The highest BCUT2D eigenvalue weighted by atomic mass is 35.5. The van der Waals surface area contributed by atoms with Crippen LogP contribution in [0, 0.1) is 0 Å². The summed E-state index contributed by atoms with van der Waals surface area (Å²) >= 11 is 11.4. The number of ether oxygens (including phenoxy) is 1. The van der Waals surface area contributed by atoms with Gasteiger partial charge in [0.05, 0.1) is 4.90 Å². The molecule has 1 aromatic carbocycles. The zero-order chi connectivity index (χ0) is 15.6. The number of hydrogen-bond acceptors (Lipinski definition) is 4. The maximum Gasteiger partial charge on any atom is 0.238 e. The van der Waals surface area contributed by atoms with Gasteiger partial charge >= 0.3 is 0 Å². The lowest BCUT2D eigenvalue weighted by atomic mass is 10.2. The number of primary sulfonamides is 1. The molecule has 21 heavy (non-hydrogen) atoms. The number of pyridine rings is 1. The van der Waals surface area contributed by atoms with Crippen LogP contribution in [-0.2, 0) is 10.0 Å². The Bertz CT molecular complexity index is 820. The minimum atomic E-state index is -3.87. The first kappa shape index (κ1) is 16.0. The Morgan fingerprint density at radius 3 is 2.71 bits per heavy atom. The Kier molecular flexibility index (Phi) is 4.73. The molecule has 112 valence electrons. The first-order valence-corrected chi connectivity index (χ1v) is 8.19. The van der Waals surface area contributed by atoms with Crippen molar-refractivity contribution < 1.29 is 13.2 Å². The molecule has 0 spiro atoms.